The molecule has 0 unspecified atom stereocenters. The van der Waals surface area contributed by atoms with Crippen LogP contribution in [0.15, 0.2) is 42.5 Å². The van der Waals surface area contributed by atoms with E-state index >= 15 is 0 Å². The molecule has 0 heterocycles. The van der Waals surface area contributed by atoms with Crippen molar-refractivity contribution in [2.75, 3.05) is 11.9 Å². The number of para-hydroxylation sites is 1. The van der Waals surface area contributed by atoms with Crippen molar-refractivity contribution in [2.45, 2.75) is 65.9 Å². The second-order valence-corrected chi connectivity index (χ2v) is 8.03. The topological polar surface area (TPSA) is 64.6 Å². The van der Waals surface area contributed by atoms with Crippen LogP contribution in [0.2, 0.25) is 0 Å². The van der Waals surface area contributed by atoms with E-state index in [4.69, 9.17) is 9.47 Å². The van der Waals surface area contributed by atoms with Crippen molar-refractivity contribution in [3.63, 3.8) is 0 Å². The lowest BCUT2D eigenvalue weighted by atomic mass is 9.92. The summed E-state index contributed by atoms with van der Waals surface area (Å²) in [5.74, 6) is 0.530. The highest BCUT2D eigenvalue weighted by molar-refractivity contribution is 6.05. The number of esters is 1. The van der Waals surface area contributed by atoms with Crippen LogP contribution in [0, 0.1) is 0 Å². The third-order valence-electron chi connectivity index (χ3n) is 4.82. The van der Waals surface area contributed by atoms with Crippen LogP contribution in [-0.2, 0) is 9.53 Å². The van der Waals surface area contributed by atoms with E-state index in [2.05, 4.69) is 45.1 Å². The van der Waals surface area contributed by atoms with Gasteiger partial charge in [0.2, 0.25) is 0 Å². The van der Waals surface area contributed by atoms with Gasteiger partial charge >= 0.3 is 5.97 Å². The van der Waals surface area contributed by atoms with Gasteiger partial charge in [0.05, 0.1) is 6.61 Å². The van der Waals surface area contributed by atoms with Gasteiger partial charge in [0.1, 0.15) is 5.75 Å². The second kappa shape index (κ2) is 10.8. The SMILES string of the molecule is CCCOC(=O)[C@H](C)Oc1ccc(C(=O)Nc2c(C(C)C)cccc2C(C)C)cc1. The van der Waals surface area contributed by atoms with Crippen molar-refractivity contribution in [1.29, 1.82) is 0 Å². The minimum Gasteiger partial charge on any atom is -0.479 e. The molecule has 0 aliphatic carbocycles. The molecule has 1 atom stereocenters. The van der Waals surface area contributed by atoms with Gasteiger partial charge in [-0.05, 0) is 60.6 Å². The largest absolute Gasteiger partial charge is 0.479 e. The minimum atomic E-state index is -0.706. The maximum atomic E-state index is 12.9. The highest BCUT2D eigenvalue weighted by atomic mass is 16.6. The third kappa shape index (κ3) is 6.09. The summed E-state index contributed by atoms with van der Waals surface area (Å²) in [7, 11) is 0. The molecule has 0 fully saturated rings. The first kappa shape index (κ1) is 23.5. The Kier molecular flexibility index (Phi) is 8.46. The standard InChI is InChI=1S/C25H33NO4/c1-7-15-29-25(28)18(6)30-20-13-11-19(12-14-20)24(27)26-23-21(16(2)3)9-8-10-22(23)17(4)5/h8-14,16-18H,7,15H2,1-6H3,(H,26,27)/t18-/m0/s1. The molecule has 0 saturated heterocycles. The van der Waals surface area contributed by atoms with Crippen LogP contribution in [0.25, 0.3) is 0 Å². The molecule has 162 valence electrons. The molecular formula is C25H33NO4. The molecule has 0 radical (unpaired) electrons. The molecule has 0 aromatic heterocycles. The number of ether oxygens (including phenoxy) is 2. The first-order valence-electron chi connectivity index (χ1n) is 10.6. The fourth-order valence-corrected chi connectivity index (χ4v) is 3.14. The quantitative estimate of drug-likeness (QED) is 0.521. The highest BCUT2D eigenvalue weighted by Crippen LogP contribution is 2.32. The summed E-state index contributed by atoms with van der Waals surface area (Å²) in [4.78, 5) is 24.7. The second-order valence-electron chi connectivity index (χ2n) is 8.03. The lowest BCUT2D eigenvalue weighted by Gasteiger charge is -2.20. The Balaban J connectivity index is 2.13. The number of rotatable bonds is 9. The molecule has 2 aromatic carbocycles. The molecule has 1 N–H and O–H groups in total. The fraction of sp³-hybridized carbons (Fsp3) is 0.440. The van der Waals surface area contributed by atoms with Crippen molar-refractivity contribution in [3.8, 4) is 5.75 Å². The third-order valence-corrected chi connectivity index (χ3v) is 4.82. The van der Waals surface area contributed by atoms with Gasteiger partial charge in [-0.1, -0.05) is 52.8 Å². The molecule has 0 spiro atoms. The zero-order valence-corrected chi connectivity index (χ0v) is 18.8. The van der Waals surface area contributed by atoms with Crippen LogP contribution in [-0.4, -0.2) is 24.6 Å². The maximum Gasteiger partial charge on any atom is 0.347 e. The van der Waals surface area contributed by atoms with E-state index in [9.17, 15) is 9.59 Å². The summed E-state index contributed by atoms with van der Waals surface area (Å²) in [6, 6.07) is 12.9. The van der Waals surface area contributed by atoms with E-state index in [1.807, 2.05) is 13.0 Å². The molecule has 0 aliphatic heterocycles. The monoisotopic (exact) mass is 411 g/mol. The van der Waals surface area contributed by atoms with Crippen molar-refractivity contribution in [1.82, 2.24) is 0 Å². The molecular weight excluding hydrogens is 378 g/mol. The van der Waals surface area contributed by atoms with Gasteiger partial charge in [-0.3, -0.25) is 4.79 Å². The summed E-state index contributed by atoms with van der Waals surface area (Å²) >= 11 is 0. The molecule has 1 amide bonds. The Morgan fingerprint density at radius 3 is 1.97 bits per heavy atom. The van der Waals surface area contributed by atoms with Crippen LogP contribution < -0.4 is 10.1 Å². The number of carbonyl (C=O) groups excluding carboxylic acids is 2. The van der Waals surface area contributed by atoms with E-state index < -0.39 is 12.1 Å². The number of nitrogens with one attached hydrogen (secondary N) is 1. The lowest BCUT2D eigenvalue weighted by molar-refractivity contribution is -0.151. The van der Waals surface area contributed by atoms with Crippen molar-refractivity contribution in [3.05, 3.63) is 59.2 Å². The number of benzene rings is 2. The molecule has 5 nitrogen and oxygen atoms in total. The van der Waals surface area contributed by atoms with Gasteiger partial charge in [0.25, 0.3) is 5.91 Å². The first-order valence-corrected chi connectivity index (χ1v) is 10.6. The van der Waals surface area contributed by atoms with E-state index in [0.717, 1.165) is 23.2 Å². The van der Waals surface area contributed by atoms with E-state index in [-0.39, 0.29) is 5.91 Å². The van der Waals surface area contributed by atoms with Gasteiger partial charge < -0.3 is 14.8 Å². The van der Waals surface area contributed by atoms with Gasteiger partial charge in [0, 0.05) is 11.3 Å². The number of anilines is 1. The Bertz CT molecular complexity index is 830. The van der Waals surface area contributed by atoms with Gasteiger partial charge in [-0.15, -0.1) is 0 Å². The average Bonchev–Trinajstić information content (AvgIpc) is 2.72. The van der Waals surface area contributed by atoms with Crippen LogP contribution in [0.4, 0.5) is 5.69 Å². The maximum absolute atomic E-state index is 12.9. The van der Waals surface area contributed by atoms with Gasteiger partial charge in [-0.25, -0.2) is 4.79 Å². The summed E-state index contributed by atoms with van der Waals surface area (Å²) < 4.78 is 10.7. The Morgan fingerprint density at radius 2 is 1.47 bits per heavy atom. The number of hydrogen-bond donors (Lipinski definition) is 1. The smallest absolute Gasteiger partial charge is 0.347 e. The Morgan fingerprint density at radius 1 is 0.900 bits per heavy atom. The molecule has 0 bridgehead atoms. The molecule has 5 heteroatoms. The van der Waals surface area contributed by atoms with E-state index in [1.165, 1.54) is 0 Å². The van der Waals surface area contributed by atoms with E-state index in [0.29, 0.717) is 29.8 Å². The van der Waals surface area contributed by atoms with Crippen LogP contribution in [0.1, 0.15) is 81.3 Å². The lowest BCUT2D eigenvalue weighted by Crippen LogP contribution is -2.26. The van der Waals surface area contributed by atoms with Crippen molar-refractivity contribution in [2.24, 2.45) is 0 Å². The Hall–Kier alpha value is -2.82. The molecule has 2 aromatic rings. The summed E-state index contributed by atoms with van der Waals surface area (Å²) in [5.41, 5.74) is 3.65. The molecule has 0 aliphatic rings. The van der Waals surface area contributed by atoms with Crippen LogP contribution >= 0.6 is 0 Å². The zero-order valence-electron chi connectivity index (χ0n) is 18.8. The molecule has 30 heavy (non-hydrogen) atoms. The predicted octanol–water partition coefficient (Wildman–Crippen LogP) is 5.91. The summed E-state index contributed by atoms with van der Waals surface area (Å²) in [5, 5.41) is 3.11. The number of amides is 1. The normalized spacial score (nSPS) is 12.0. The fourth-order valence-electron chi connectivity index (χ4n) is 3.14. The number of hydrogen-bond acceptors (Lipinski definition) is 4. The van der Waals surface area contributed by atoms with Gasteiger partial charge in [-0.2, -0.15) is 0 Å². The highest BCUT2D eigenvalue weighted by Gasteiger charge is 2.18. The van der Waals surface area contributed by atoms with Crippen molar-refractivity contribution < 1.29 is 19.1 Å². The zero-order chi connectivity index (χ0) is 22.3. The van der Waals surface area contributed by atoms with Gasteiger partial charge in [0.15, 0.2) is 6.10 Å². The summed E-state index contributed by atoms with van der Waals surface area (Å²) in [6.45, 7) is 12.4. The Labute approximate surface area is 179 Å². The number of carbonyl (C=O) groups is 2. The van der Waals surface area contributed by atoms with Crippen molar-refractivity contribution >= 4 is 17.6 Å². The first-order chi connectivity index (χ1) is 14.2. The molecule has 2 rings (SSSR count). The minimum absolute atomic E-state index is 0.174. The van der Waals surface area contributed by atoms with Crippen LogP contribution in [0.5, 0.6) is 5.75 Å². The predicted molar refractivity (Wildman–Crippen MR) is 120 cm³/mol. The van der Waals surface area contributed by atoms with E-state index in [1.54, 1.807) is 31.2 Å². The molecule has 0 saturated carbocycles. The average molecular weight is 412 g/mol. The summed E-state index contributed by atoms with van der Waals surface area (Å²) in [6.07, 6.45) is 0.0588. The van der Waals surface area contributed by atoms with Crippen LogP contribution in [0.3, 0.4) is 0 Å².